The van der Waals surface area contributed by atoms with Crippen LogP contribution in [-0.2, 0) is 0 Å². The average Bonchev–Trinajstić information content (AvgIpc) is 3.39. The Morgan fingerprint density at radius 2 is 1.74 bits per heavy atom. The maximum absolute atomic E-state index is 12.4. The molecule has 6 heteroatoms. The van der Waals surface area contributed by atoms with E-state index < -0.39 is 0 Å². The molecule has 27 heavy (non-hydrogen) atoms. The standard InChI is InChI=1S/C21H16N2O2S2/c1-25-16-11-9-14(10-12-16)18-19(15-6-3-2-4-7-15)27-21(22-18)23-20(24)17-8-5-13-26-17/h2-13H,1H3,(H,22,23,24). The number of thiazole rings is 1. The summed E-state index contributed by atoms with van der Waals surface area (Å²) >= 11 is 2.88. The predicted octanol–water partition coefficient (Wildman–Crippen LogP) is 5.80. The Kier molecular flexibility index (Phi) is 5.00. The second-order valence-electron chi connectivity index (χ2n) is 5.72. The second-order valence-corrected chi connectivity index (χ2v) is 7.67. The number of benzene rings is 2. The molecule has 4 rings (SSSR count). The van der Waals surface area contributed by atoms with Gasteiger partial charge >= 0.3 is 0 Å². The zero-order chi connectivity index (χ0) is 18.6. The number of carbonyl (C=O) groups is 1. The lowest BCUT2D eigenvalue weighted by atomic mass is 10.1. The molecular weight excluding hydrogens is 376 g/mol. The van der Waals surface area contributed by atoms with Crippen molar-refractivity contribution in [3.63, 3.8) is 0 Å². The van der Waals surface area contributed by atoms with Crippen LogP contribution < -0.4 is 10.1 Å². The van der Waals surface area contributed by atoms with Gasteiger partial charge in [0.05, 0.1) is 22.6 Å². The van der Waals surface area contributed by atoms with Gasteiger partial charge in [0.15, 0.2) is 5.13 Å². The van der Waals surface area contributed by atoms with E-state index >= 15 is 0 Å². The molecular formula is C21H16N2O2S2. The molecule has 0 atom stereocenters. The number of ether oxygens (including phenoxy) is 1. The summed E-state index contributed by atoms with van der Waals surface area (Å²) in [5.41, 5.74) is 2.88. The third-order valence-corrected chi connectivity index (χ3v) is 5.88. The third kappa shape index (κ3) is 3.77. The Labute approximate surface area is 165 Å². The second kappa shape index (κ2) is 7.73. The molecule has 134 valence electrons. The van der Waals surface area contributed by atoms with Crippen LogP contribution in [0.4, 0.5) is 5.13 Å². The van der Waals surface area contributed by atoms with Crippen LogP contribution in [0.1, 0.15) is 9.67 Å². The van der Waals surface area contributed by atoms with Crippen LogP contribution >= 0.6 is 22.7 Å². The van der Waals surface area contributed by atoms with E-state index in [1.54, 1.807) is 13.2 Å². The molecule has 0 aliphatic heterocycles. The zero-order valence-electron chi connectivity index (χ0n) is 14.5. The summed E-state index contributed by atoms with van der Waals surface area (Å²) in [7, 11) is 1.64. The molecule has 0 fully saturated rings. The molecule has 0 aliphatic rings. The number of nitrogens with zero attached hydrogens (tertiary/aromatic N) is 1. The van der Waals surface area contributed by atoms with E-state index in [4.69, 9.17) is 9.72 Å². The molecule has 1 N–H and O–H groups in total. The van der Waals surface area contributed by atoms with Gasteiger partial charge in [0.25, 0.3) is 5.91 Å². The van der Waals surface area contributed by atoms with Gasteiger partial charge in [-0.15, -0.1) is 11.3 Å². The highest BCUT2D eigenvalue weighted by atomic mass is 32.1. The summed E-state index contributed by atoms with van der Waals surface area (Å²) in [6.07, 6.45) is 0. The van der Waals surface area contributed by atoms with Gasteiger partial charge in [0.2, 0.25) is 0 Å². The fraction of sp³-hybridized carbons (Fsp3) is 0.0476. The average molecular weight is 393 g/mol. The van der Waals surface area contributed by atoms with Crippen LogP contribution in [0.3, 0.4) is 0 Å². The van der Waals surface area contributed by atoms with E-state index in [2.05, 4.69) is 5.32 Å². The molecule has 0 saturated heterocycles. The van der Waals surface area contributed by atoms with Gasteiger partial charge in [-0.2, -0.15) is 0 Å². The Bertz CT molecular complexity index is 1040. The topological polar surface area (TPSA) is 51.2 Å². The number of aromatic nitrogens is 1. The van der Waals surface area contributed by atoms with Crippen molar-refractivity contribution in [2.24, 2.45) is 0 Å². The van der Waals surface area contributed by atoms with Crippen molar-refractivity contribution in [3.8, 4) is 27.4 Å². The molecule has 1 amide bonds. The van der Waals surface area contributed by atoms with Crippen LogP contribution in [0.25, 0.3) is 21.7 Å². The highest BCUT2D eigenvalue weighted by Gasteiger charge is 2.17. The Balaban J connectivity index is 1.73. The molecule has 0 saturated carbocycles. The lowest BCUT2D eigenvalue weighted by Crippen LogP contribution is -2.09. The van der Waals surface area contributed by atoms with Gasteiger partial charge in [-0.1, -0.05) is 47.7 Å². The van der Waals surface area contributed by atoms with E-state index in [1.165, 1.54) is 22.7 Å². The van der Waals surface area contributed by atoms with Gasteiger partial charge in [-0.05, 0) is 41.3 Å². The van der Waals surface area contributed by atoms with Crippen molar-refractivity contribution < 1.29 is 9.53 Å². The lowest BCUT2D eigenvalue weighted by Gasteiger charge is -2.04. The monoisotopic (exact) mass is 392 g/mol. The van der Waals surface area contributed by atoms with Crippen LogP contribution in [0.5, 0.6) is 5.75 Å². The molecule has 0 unspecified atom stereocenters. The smallest absolute Gasteiger partial charge is 0.267 e. The first-order chi connectivity index (χ1) is 13.2. The summed E-state index contributed by atoms with van der Waals surface area (Å²) in [4.78, 5) is 18.8. The Hall–Kier alpha value is -2.96. The Morgan fingerprint density at radius 3 is 2.41 bits per heavy atom. The van der Waals surface area contributed by atoms with Crippen molar-refractivity contribution in [2.45, 2.75) is 0 Å². The molecule has 0 aliphatic carbocycles. The minimum atomic E-state index is -0.139. The number of nitrogens with one attached hydrogen (secondary N) is 1. The minimum Gasteiger partial charge on any atom is -0.497 e. The number of carbonyl (C=O) groups excluding carboxylic acids is 1. The van der Waals surface area contributed by atoms with E-state index in [-0.39, 0.29) is 5.91 Å². The summed E-state index contributed by atoms with van der Waals surface area (Å²) in [6, 6.07) is 21.5. The lowest BCUT2D eigenvalue weighted by molar-refractivity contribution is 0.103. The molecule has 0 radical (unpaired) electrons. The number of thiophene rings is 1. The number of rotatable bonds is 5. The van der Waals surface area contributed by atoms with E-state index in [0.29, 0.717) is 10.0 Å². The van der Waals surface area contributed by atoms with Gasteiger partial charge < -0.3 is 4.74 Å². The van der Waals surface area contributed by atoms with Crippen LogP contribution in [0, 0.1) is 0 Å². The van der Waals surface area contributed by atoms with Crippen LogP contribution in [0.15, 0.2) is 72.1 Å². The highest BCUT2D eigenvalue weighted by Crippen LogP contribution is 2.39. The highest BCUT2D eigenvalue weighted by molar-refractivity contribution is 7.19. The Morgan fingerprint density at radius 1 is 0.963 bits per heavy atom. The molecule has 2 aromatic carbocycles. The van der Waals surface area contributed by atoms with Gasteiger partial charge in [-0.25, -0.2) is 4.98 Å². The first-order valence-electron chi connectivity index (χ1n) is 8.30. The van der Waals surface area contributed by atoms with Crippen molar-refractivity contribution in [1.82, 2.24) is 4.98 Å². The summed E-state index contributed by atoms with van der Waals surface area (Å²) in [6.45, 7) is 0. The quantitative estimate of drug-likeness (QED) is 0.467. The van der Waals surface area contributed by atoms with Gasteiger partial charge in [0, 0.05) is 5.56 Å². The number of anilines is 1. The third-order valence-electron chi connectivity index (χ3n) is 3.99. The van der Waals surface area contributed by atoms with Crippen LogP contribution in [-0.4, -0.2) is 18.0 Å². The van der Waals surface area contributed by atoms with Crippen molar-refractivity contribution in [1.29, 1.82) is 0 Å². The predicted molar refractivity (Wildman–Crippen MR) is 112 cm³/mol. The molecule has 2 heterocycles. The molecule has 0 bridgehead atoms. The molecule has 2 aromatic heterocycles. The van der Waals surface area contributed by atoms with Crippen molar-refractivity contribution >= 4 is 33.7 Å². The minimum absolute atomic E-state index is 0.139. The van der Waals surface area contributed by atoms with Crippen molar-refractivity contribution in [3.05, 3.63) is 77.0 Å². The number of amides is 1. The van der Waals surface area contributed by atoms with Gasteiger partial charge in [0.1, 0.15) is 5.75 Å². The normalized spacial score (nSPS) is 10.6. The fourth-order valence-corrected chi connectivity index (χ4v) is 4.28. The number of hydrogen-bond acceptors (Lipinski definition) is 5. The van der Waals surface area contributed by atoms with E-state index in [1.807, 2.05) is 66.0 Å². The molecule has 4 aromatic rings. The first-order valence-corrected chi connectivity index (χ1v) is 10.00. The summed E-state index contributed by atoms with van der Waals surface area (Å²) in [5.74, 6) is 0.654. The largest absolute Gasteiger partial charge is 0.497 e. The fourth-order valence-electron chi connectivity index (χ4n) is 2.67. The van der Waals surface area contributed by atoms with Crippen LogP contribution in [0.2, 0.25) is 0 Å². The number of hydrogen-bond donors (Lipinski definition) is 1. The molecule has 0 spiro atoms. The summed E-state index contributed by atoms with van der Waals surface area (Å²) in [5, 5.41) is 5.39. The summed E-state index contributed by atoms with van der Waals surface area (Å²) < 4.78 is 5.25. The van der Waals surface area contributed by atoms with E-state index in [9.17, 15) is 4.79 Å². The van der Waals surface area contributed by atoms with E-state index in [0.717, 1.165) is 27.4 Å². The van der Waals surface area contributed by atoms with Crippen molar-refractivity contribution in [2.75, 3.05) is 12.4 Å². The number of methoxy groups -OCH3 is 1. The first kappa shape index (κ1) is 17.5. The maximum Gasteiger partial charge on any atom is 0.267 e. The molecule has 4 nitrogen and oxygen atoms in total. The SMILES string of the molecule is COc1ccc(-c2nc(NC(=O)c3cccs3)sc2-c2ccccc2)cc1. The van der Waals surface area contributed by atoms with Gasteiger partial charge in [-0.3, -0.25) is 10.1 Å². The maximum atomic E-state index is 12.4. The zero-order valence-corrected chi connectivity index (χ0v) is 16.1.